The van der Waals surface area contributed by atoms with Crippen LogP contribution < -0.4 is 4.72 Å². The molecule has 1 aliphatic rings. The monoisotopic (exact) mass is 245 g/mol. The Hall–Kier alpha value is -0.680. The largest absolute Gasteiger partial charge is 0.268 e. The van der Waals surface area contributed by atoms with Crippen molar-refractivity contribution in [3.8, 4) is 0 Å². The number of fused-ring (bicyclic) bond motifs is 1. The van der Waals surface area contributed by atoms with Gasteiger partial charge in [0.15, 0.2) is 11.0 Å². The Morgan fingerprint density at radius 3 is 2.92 bits per heavy atom. The SMILES string of the molecule is O=C1NS(=O)c2ccc(Br)cc21. The first-order valence-corrected chi connectivity index (χ1v) is 5.15. The van der Waals surface area contributed by atoms with E-state index in [9.17, 15) is 9.00 Å². The summed E-state index contributed by atoms with van der Waals surface area (Å²) >= 11 is 3.23. The molecule has 0 fully saturated rings. The number of nitrogens with one attached hydrogen (secondary N) is 1. The van der Waals surface area contributed by atoms with Gasteiger partial charge in [-0.3, -0.25) is 9.52 Å². The molecule has 1 atom stereocenters. The topological polar surface area (TPSA) is 46.2 Å². The predicted molar refractivity (Wildman–Crippen MR) is 48.0 cm³/mol. The smallest absolute Gasteiger partial charge is 0.264 e. The van der Waals surface area contributed by atoms with E-state index in [4.69, 9.17) is 0 Å². The third kappa shape index (κ3) is 1.09. The van der Waals surface area contributed by atoms with Crippen LogP contribution in [0.4, 0.5) is 0 Å². The Morgan fingerprint density at radius 2 is 2.17 bits per heavy atom. The highest BCUT2D eigenvalue weighted by Crippen LogP contribution is 2.22. The van der Waals surface area contributed by atoms with Crippen molar-refractivity contribution in [3.05, 3.63) is 28.2 Å². The summed E-state index contributed by atoms with van der Waals surface area (Å²) in [5.74, 6) is -0.273. The summed E-state index contributed by atoms with van der Waals surface area (Å²) in [5.41, 5.74) is 0.489. The third-order valence-corrected chi connectivity index (χ3v) is 3.19. The molecule has 3 nitrogen and oxygen atoms in total. The normalized spacial score (nSPS) is 20.4. The van der Waals surface area contributed by atoms with Crippen LogP contribution in [-0.2, 0) is 11.0 Å². The van der Waals surface area contributed by atoms with Crippen molar-refractivity contribution in [3.63, 3.8) is 0 Å². The van der Waals surface area contributed by atoms with Gasteiger partial charge in [-0.05, 0) is 18.2 Å². The predicted octanol–water partition coefficient (Wildman–Crippen LogP) is 1.22. The van der Waals surface area contributed by atoms with Crippen LogP contribution in [0.2, 0.25) is 0 Å². The van der Waals surface area contributed by atoms with Gasteiger partial charge in [0.1, 0.15) is 0 Å². The van der Waals surface area contributed by atoms with Gasteiger partial charge in [0.25, 0.3) is 5.91 Å². The molecular weight excluding hydrogens is 242 g/mol. The zero-order valence-corrected chi connectivity index (χ0v) is 8.24. The minimum Gasteiger partial charge on any atom is -0.268 e. The molecular formula is C7H4BrNO2S. The second-order valence-corrected chi connectivity index (χ2v) is 4.44. The van der Waals surface area contributed by atoms with Crippen LogP contribution in [0.15, 0.2) is 27.6 Å². The van der Waals surface area contributed by atoms with E-state index < -0.39 is 11.0 Å². The highest BCUT2D eigenvalue weighted by Gasteiger charge is 2.25. The molecule has 2 rings (SSSR count). The summed E-state index contributed by atoms with van der Waals surface area (Å²) in [6.07, 6.45) is 0. The summed E-state index contributed by atoms with van der Waals surface area (Å²) < 4.78 is 14.3. The van der Waals surface area contributed by atoms with E-state index in [1.165, 1.54) is 0 Å². The van der Waals surface area contributed by atoms with Crippen molar-refractivity contribution < 1.29 is 9.00 Å². The second-order valence-electron chi connectivity index (χ2n) is 2.34. The molecule has 5 heteroatoms. The Kier molecular flexibility index (Phi) is 1.77. The van der Waals surface area contributed by atoms with Crippen LogP contribution in [-0.4, -0.2) is 10.1 Å². The summed E-state index contributed by atoms with van der Waals surface area (Å²) in [5, 5.41) is 0. The molecule has 0 spiro atoms. The van der Waals surface area contributed by atoms with Crippen LogP contribution in [0.1, 0.15) is 10.4 Å². The zero-order valence-electron chi connectivity index (χ0n) is 5.83. The fourth-order valence-electron chi connectivity index (χ4n) is 1.04. The highest BCUT2D eigenvalue weighted by atomic mass is 79.9. The lowest BCUT2D eigenvalue weighted by molar-refractivity contribution is 0.0986. The molecule has 1 amide bonds. The van der Waals surface area contributed by atoms with Crippen LogP contribution in [0.25, 0.3) is 0 Å². The van der Waals surface area contributed by atoms with Crippen molar-refractivity contribution in [1.82, 2.24) is 4.72 Å². The summed E-state index contributed by atoms with van der Waals surface area (Å²) in [7, 11) is -1.36. The lowest BCUT2D eigenvalue weighted by Gasteiger charge is -1.92. The summed E-state index contributed by atoms with van der Waals surface area (Å²) in [4.78, 5) is 11.7. The Morgan fingerprint density at radius 1 is 1.42 bits per heavy atom. The van der Waals surface area contributed by atoms with Gasteiger partial charge in [0.2, 0.25) is 0 Å². The maximum absolute atomic E-state index is 11.2. The minimum atomic E-state index is -1.36. The van der Waals surface area contributed by atoms with Crippen LogP contribution >= 0.6 is 15.9 Å². The quantitative estimate of drug-likeness (QED) is 0.748. The maximum Gasteiger partial charge on any atom is 0.264 e. The molecule has 1 aromatic rings. The molecule has 1 aliphatic heterocycles. The van der Waals surface area contributed by atoms with E-state index in [-0.39, 0.29) is 5.91 Å². The minimum absolute atomic E-state index is 0.273. The molecule has 12 heavy (non-hydrogen) atoms. The van der Waals surface area contributed by atoms with Gasteiger partial charge in [-0.2, -0.15) is 0 Å². The fourth-order valence-corrected chi connectivity index (χ4v) is 2.33. The lowest BCUT2D eigenvalue weighted by atomic mass is 10.2. The van der Waals surface area contributed by atoms with Crippen molar-refractivity contribution in [2.45, 2.75) is 4.90 Å². The van der Waals surface area contributed by atoms with Gasteiger partial charge in [-0.1, -0.05) is 15.9 Å². The van der Waals surface area contributed by atoms with E-state index in [1.54, 1.807) is 18.2 Å². The number of benzene rings is 1. The number of hydrogen-bond donors (Lipinski definition) is 1. The highest BCUT2D eigenvalue weighted by molar-refractivity contribution is 9.10. The number of hydrogen-bond acceptors (Lipinski definition) is 2. The first kappa shape index (κ1) is 7.94. The molecule has 0 saturated heterocycles. The third-order valence-electron chi connectivity index (χ3n) is 1.57. The number of amides is 1. The summed E-state index contributed by atoms with van der Waals surface area (Å²) in [6.45, 7) is 0. The molecule has 1 aromatic carbocycles. The van der Waals surface area contributed by atoms with Crippen molar-refractivity contribution in [2.75, 3.05) is 0 Å². The molecule has 0 aromatic heterocycles. The molecule has 1 heterocycles. The number of halogens is 1. The van der Waals surface area contributed by atoms with Crippen LogP contribution in [0.3, 0.4) is 0 Å². The van der Waals surface area contributed by atoms with Gasteiger partial charge in [-0.15, -0.1) is 0 Å². The molecule has 0 bridgehead atoms. The second kappa shape index (κ2) is 2.67. The molecule has 0 saturated carbocycles. The van der Waals surface area contributed by atoms with E-state index in [0.717, 1.165) is 4.47 Å². The van der Waals surface area contributed by atoms with Gasteiger partial charge < -0.3 is 0 Å². The lowest BCUT2D eigenvalue weighted by Crippen LogP contribution is -2.15. The zero-order chi connectivity index (χ0) is 8.72. The van der Waals surface area contributed by atoms with Gasteiger partial charge in [0.05, 0.1) is 10.5 Å². The van der Waals surface area contributed by atoms with E-state index in [2.05, 4.69) is 20.7 Å². The molecule has 0 radical (unpaired) electrons. The van der Waals surface area contributed by atoms with Gasteiger partial charge in [-0.25, -0.2) is 4.21 Å². The van der Waals surface area contributed by atoms with Gasteiger partial charge >= 0.3 is 0 Å². The van der Waals surface area contributed by atoms with Crippen molar-refractivity contribution in [2.24, 2.45) is 0 Å². The Labute approximate surface area is 79.9 Å². The molecule has 62 valence electrons. The Bertz CT molecular complexity index is 391. The average Bonchev–Trinajstić information content (AvgIpc) is 2.28. The standard InChI is InChI=1S/C7H4BrNO2S/c8-4-1-2-6-5(3-4)7(10)9-12(6)11/h1-3H,(H,9,10). The maximum atomic E-state index is 11.2. The van der Waals surface area contributed by atoms with E-state index in [1.807, 2.05) is 0 Å². The van der Waals surface area contributed by atoms with Crippen molar-refractivity contribution in [1.29, 1.82) is 0 Å². The van der Waals surface area contributed by atoms with Crippen molar-refractivity contribution >= 4 is 32.8 Å². The van der Waals surface area contributed by atoms with Gasteiger partial charge in [0, 0.05) is 4.47 Å². The Balaban J connectivity index is 2.68. The molecule has 1 unspecified atom stereocenters. The average molecular weight is 246 g/mol. The van der Waals surface area contributed by atoms with Crippen LogP contribution in [0.5, 0.6) is 0 Å². The molecule has 0 aliphatic carbocycles. The first-order valence-electron chi connectivity index (χ1n) is 3.21. The number of rotatable bonds is 0. The van der Waals surface area contributed by atoms with Crippen LogP contribution in [0, 0.1) is 0 Å². The summed E-state index contributed by atoms with van der Waals surface area (Å²) in [6, 6.07) is 5.10. The van der Waals surface area contributed by atoms with E-state index in [0.29, 0.717) is 10.5 Å². The van der Waals surface area contributed by atoms with E-state index >= 15 is 0 Å². The number of carbonyl (C=O) groups excluding carboxylic acids is 1. The molecule has 1 N–H and O–H groups in total. The fraction of sp³-hybridized carbons (Fsp3) is 0. The first-order chi connectivity index (χ1) is 5.68. The number of carbonyl (C=O) groups is 1.